The van der Waals surface area contributed by atoms with E-state index in [2.05, 4.69) is 77.1 Å². The molecule has 1 aromatic heterocycles. The Morgan fingerprint density at radius 1 is 1.09 bits per heavy atom. The smallest absolute Gasteiger partial charge is 0.319 e. The Labute approximate surface area is 200 Å². The van der Waals surface area contributed by atoms with Gasteiger partial charge in [-0.2, -0.15) is 4.37 Å². The highest BCUT2D eigenvalue weighted by molar-refractivity contribution is 7.09. The molecule has 2 N–H and O–H groups in total. The molecule has 0 atom stereocenters. The third-order valence-electron chi connectivity index (χ3n) is 6.21. The molecule has 2 heterocycles. The number of carbonyl (C=O) groups is 1. The van der Waals surface area contributed by atoms with E-state index in [1.165, 1.54) is 28.2 Å². The molecule has 4 rings (SSSR count). The predicted molar refractivity (Wildman–Crippen MR) is 136 cm³/mol. The van der Waals surface area contributed by atoms with Gasteiger partial charge in [0.25, 0.3) is 0 Å². The molecular weight excluding hydrogens is 430 g/mol. The summed E-state index contributed by atoms with van der Waals surface area (Å²) in [6, 6.07) is 16.5. The van der Waals surface area contributed by atoms with Crippen LogP contribution in [0.1, 0.15) is 55.1 Å². The van der Waals surface area contributed by atoms with Crippen molar-refractivity contribution in [2.24, 2.45) is 5.92 Å². The molecule has 6 nitrogen and oxygen atoms in total. The first-order valence-corrected chi connectivity index (χ1v) is 12.5. The summed E-state index contributed by atoms with van der Waals surface area (Å²) in [5, 5.41) is 6.97. The summed E-state index contributed by atoms with van der Waals surface area (Å²) in [7, 11) is 0. The molecule has 7 heteroatoms. The average Bonchev–Trinajstić information content (AvgIpc) is 3.28. The zero-order valence-corrected chi connectivity index (χ0v) is 20.5. The molecule has 1 fully saturated rings. The van der Waals surface area contributed by atoms with E-state index < -0.39 is 0 Å². The summed E-state index contributed by atoms with van der Waals surface area (Å²) in [6.45, 7) is 9.01. The second-order valence-corrected chi connectivity index (χ2v) is 9.93. The molecule has 2 aromatic carbocycles. The second-order valence-electron chi connectivity index (χ2n) is 9.20. The summed E-state index contributed by atoms with van der Waals surface area (Å²) >= 11 is 1.49. The number of anilines is 2. The van der Waals surface area contributed by atoms with Crippen LogP contribution in [0.25, 0.3) is 0 Å². The molecule has 1 aliphatic rings. The van der Waals surface area contributed by atoms with Crippen molar-refractivity contribution in [3.8, 4) is 0 Å². The molecule has 0 saturated carbocycles. The van der Waals surface area contributed by atoms with Gasteiger partial charge in [-0.05, 0) is 54.9 Å². The highest BCUT2D eigenvalue weighted by Gasteiger charge is 2.22. The average molecular weight is 464 g/mol. The van der Waals surface area contributed by atoms with Gasteiger partial charge in [0.15, 0.2) is 0 Å². The number of piperidine rings is 1. The fraction of sp³-hybridized carbons (Fsp3) is 0.423. The molecule has 0 bridgehead atoms. The monoisotopic (exact) mass is 463 g/mol. The molecule has 174 valence electrons. The maximum absolute atomic E-state index is 12.3. The van der Waals surface area contributed by atoms with Crippen molar-refractivity contribution < 1.29 is 4.79 Å². The van der Waals surface area contributed by atoms with Crippen molar-refractivity contribution >= 4 is 28.4 Å². The lowest BCUT2D eigenvalue weighted by molar-refractivity contribution is 0.248. The summed E-state index contributed by atoms with van der Waals surface area (Å²) < 4.78 is 4.57. The first kappa shape index (κ1) is 23.2. The van der Waals surface area contributed by atoms with Crippen LogP contribution in [-0.4, -0.2) is 35.0 Å². The third-order valence-corrected chi connectivity index (χ3v) is 7.03. The van der Waals surface area contributed by atoms with Crippen LogP contribution in [-0.2, 0) is 6.42 Å². The van der Waals surface area contributed by atoms with E-state index in [1.807, 2.05) is 12.1 Å². The van der Waals surface area contributed by atoms with Crippen LogP contribution < -0.4 is 15.5 Å². The van der Waals surface area contributed by atoms with Crippen molar-refractivity contribution in [3.05, 3.63) is 71.0 Å². The van der Waals surface area contributed by atoms with Crippen LogP contribution in [0.3, 0.4) is 0 Å². The van der Waals surface area contributed by atoms with Crippen LogP contribution in [0, 0.1) is 12.8 Å². The zero-order valence-electron chi connectivity index (χ0n) is 19.7. The van der Waals surface area contributed by atoms with Gasteiger partial charge in [0.05, 0.1) is 0 Å². The van der Waals surface area contributed by atoms with Crippen molar-refractivity contribution in [2.45, 2.75) is 46.0 Å². The Morgan fingerprint density at radius 3 is 2.45 bits per heavy atom. The van der Waals surface area contributed by atoms with E-state index in [1.54, 1.807) is 0 Å². The van der Waals surface area contributed by atoms with Crippen LogP contribution in [0.4, 0.5) is 15.6 Å². The minimum absolute atomic E-state index is 0.139. The number of amides is 2. The Balaban J connectivity index is 1.19. The zero-order chi connectivity index (χ0) is 23.2. The number of nitrogens with one attached hydrogen (secondary N) is 2. The van der Waals surface area contributed by atoms with Crippen molar-refractivity contribution in [1.82, 2.24) is 14.7 Å². The van der Waals surface area contributed by atoms with E-state index in [9.17, 15) is 4.79 Å². The Bertz CT molecular complexity index is 1040. The van der Waals surface area contributed by atoms with Crippen LogP contribution in [0.15, 0.2) is 48.5 Å². The molecule has 1 aliphatic heterocycles. The van der Waals surface area contributed by atoms with E-state index in [4.69, 9.17) is 4.98 Å². The van der Waals surface area contributed by atoms with Crippen LogP contribution in [0.5, 0.6) is 0 Å². The third kappa shape index (κ3) is 6.54. The number of hydrogen-bond donors (Lipinski definition) is 2. The first-order chi connectivity index (χ1) is 16.0. The van der Waals surface area contributed by atoms with Gasteiger partial charge < -0.3 is 15.5 Å². The van der Waals surface area contributed by atoms with Gasteiger partial charge in [-0.15, -0.1) is 0 Å². The van der Waals surface area contributed by atoms with Gasteiger partial charge in [0, 0.05) is 43.3 Å². The molecule has 0 aliphatic carbocycles. The van der Waals surface area contributed by atoms with E-state index in [-0.39, 0.29) is 6.03 Å². The summed E-state index contributed by atoms with van der Waals surface area (Å²) in [6.07, 6.45) is 2.85. The maximum atomic E-state index is 12.3. The first-order valence-electron chi connectivity index (χ1n) is 11.7. The SMILES string of the molecule is Cc1ccc(Cc2nsc(N3CCC(CNC(=O)Nc4ccc(C(C)C)cc4)CC3)n2)cc1. The van der Waals surface area contributed by atoms with Crippen LogP contribution in [0.2, 0.25) is 0 Å². The molecule has 3 aromatic rings. The molecule has 2 amide bonds. The highest BCUT2D eigenvalue weighted by Crippen LogP contribution is 2.25. The van der Waals surface area contributed by atoms with Crippen molar-refractivity contribution in [1.29, 1.82) is 0 Å². The van der Waals surface area contributed by atoms with Gasteiger partial charge in [-0.3, -0.25) is 0 Å². The molecule has 33 heavy (non-hydrogen) atoms. The standard InChI is InChI=1S/C26H33N5OS/c1-18(2)22-8-10-23(11-9-22)28-25(32)27-17-21-12-14-31(15-13-21)26-29-24(30-33-26)16-20-6-4-19(3)5-7-20/h4-11,18,21H,12-17H2,1-3H3,(H2,27,28,32). The largest absolute Gasteiger partial charge is 0.347 e. The van der Waals surface area contributed by atoms with Gasteiger partial charge in [0.1, 0.15) is 5.82 Å². The fourth-order valence-corrected chi connectivity index (χ4v) is 4.76. The van der Waals surface area contributed by atoms with Gasteiger partial charge >= 0.3 is 6.03 Å². The van der Waals surface area contributed by atoms with Gasteiger partial charge in [0.2, 0.25) is 5.13 Å². The van der Waals surface area contributed by atoms with Gasteiger partial charge in [-0.25, -0.2) is 9.78 Å². The van der Waals surface area contributed by atoms with Crippen molar-refractivity contribution in [3.63, 3.8) is 0 Å². The second kappa shape index (κ2) is 10.8. The summed E-state index contributed by atoms with van der Waals surface area (Å²) in [5.74, 6) is 1.86. The topological polar surface area (TPSA) is 70.2 Å². The highest BCUT2D eigenvalue weighted by atomic mass is 32.1. The number of rotatable bonds is 7. The number of aryl methyl sites for hydroxylation is 1. The molecule has 0 spiro atoms. The quantitative estimate of drug-likeness (QED) is 0.479. The normalized spacial score (nSPS) is 14.5. The molecule has 0 radical (unpaired) electrons. The molecule has 0 unspecified atom stereocenters. The Morgan fingerprint density at radius 2 is 1.79 bits per heavy atom. The maximum Gasteiger partial charge on any atom is 0.319 e. The number of carbonyl (C=O) groups excluding carboxylic acids is 1. The number of hydrogen-bond acceptors (Lipinski definition) is 5. The van der Waals surface area contributed by atoms with Gasteiger partial charge in [-0.1, -0.05) is 55.8 Å². The fourth-order valence-electron chi connectivity index (χ4n) is 4.03. The summed E-state index contributed by atoms with van der Waals surface area (Å²) in [5.41, 5.74) is 4.60. The van der Waals surface area contributed by atoms with Crippen molar-refractivity contribution in [2.75, 3.05) is 29.9 Å². The van der Waals surface area contributed by atoms with E-state index in [0.717, 1.165) is 49.0 Å². The Hall–Kier alpha value is -2.93. The lowest BCUT2D eigenvalue weighted by atomic mass is 9.97. The Kier molecular flexibility index (Phi) is 7.60. The lowest BCUT2D eigenvalue weighted by Gasteiger charge is -2.31. The van der Waals surface area contributed by atoms with E-state index in [0.29, 0.717) is 18.4 Å². The van der Waals surface area contributed by atoms with E-state index >= 15 is 0 Å². The number of nitrogens with zero attached hydrogens (tertiary/aromatic N) is 3. The predicted octanol–water partition coefficient (Wildman–Crippen LogP) is 5.60. The lowest BCUT2D eigenvalue weighted by Crippen LogP contribution is -2.39. The summed E-state index contributed by atoms with van der Waals surface area (Å²) in [4.78, 5) is 19.4. The minimum Gasteiger partial charge on any atom is -0.347 e. The molecular formula is C26H33N5OS. The van der Waals surface area contributed by atoms with Crippen LogP contribution >= 0.6 is 11.5 Å². The molecule has 1 saturated heterocycles. The minimum atomic E-state index is -0.139. The number of aromatic nitrogens is 2. The number of benzene rings is 2. The number of urea groups is 1.